The van der Waals surface area contributed by atoms with Crippen molar-refractivity contribution in [2.75, 3.05) is 18.2 Å². The SMILES string of the molecule is COc1nc(Cl)nc(Nc2ccc(S(=O)(=O)[O-])c(N)c2)n1.[Na+]. The van der Waals surface area contributed by atoms with Crippen LogP contribution in [0.25, 0.3) is 0 Å². The van der Waals surface area contributed by atoms with Gasteiger partial charge in [-0.1, -0.05) is 0 Å². The van der Waals surface area contributed by atoms with Crippen LogP contribution >= 0.6 is 11.6 Å². The van der Waals surface area contributed by atoms with Crippen molar-refractivity contribution in [3.05, 3.63) is 23.5 Å². The molecule has 0 saturated heterocycles. The van der Waals surface area contributed by atoms with Crippen LogP contribution in [0.15, 0.2) is 23.1 Å². The molecule has 22 heavy (non-hydrogen) atoms. The molecule has 2 aromatic rings. The van der Waals surface area contributed by atoms with Crippen molar-refractivity contribution in [1.29, 1.82) is 0 Å². The Morgan fingerprint density at radius 2 is 2.00 bits per heavy atom. The van der Waals surface area contributed by atoms with E-state index < -0.39 is 15.0 Å². The summed E-state index contributed by atoms with van der Waals surface area (Å²) < 4.78 is 37.6. The molecular weight excluding hydrogens is 345 g/mol. The van der Waals surface area contributed by atoms with E-state index in [-0.39, 0.29) is 52.5 Å². The summed E-state index contributed by atoms with van der Waals surface area (Å²) in [6.07, 6.45) is 0. The summed E-state index contributed by atoms with van der Waals surface area (Å²) in [5.74, 6) is 0.0731. The number of nitrogens with zero attached hydrogens (tertiary/aromatic N) is 3. The van der Waals surface area contributed by atoms with E-state index in [9.17, 15) is 13.0 Å². The largest absolute Gasteiger partial charge is 1.00 e. The predicted octanol–water partition coefficient (Wildman–Crippen LogP) is -2.23. The van der Waals surface area contributed by atoms with Gasteiger partial charge in [0.05, 0.1) is 17.7 Å². The number of nitrogen functional groups attached to an aromatic ring is 1. The van der Waals surface area contributed by atoms with Gasteiger partial charge in [0.15, 0.2) is 0 Å². The van der Waals surface area contributed by atoms with Gasteiger partial charge in [0.2, 0.25) is 11.2 Å². The standard InChI is InChI=1S/C10H10ClN5O4S.Na/c1-20-10-15-8(11)14-9(16-10)13-5-2-3-7(6(12)4-5)21(17,18)19;/h2-4H,12H2,1H3,(H,17,18,19)(H,13,14,15,16);/q;+1/p-1. The smallest absolute Gasteiger partial charge is 0.744 e. The number of nitrogens with two attached hydrogens (primary N) is 1. The van der Waals surface area contributed by atoms with Gasteiger partial charge in [0, 0.05) is 5.69 Å². The van der Waals surface area contributed by atoms with E-state index in [1.165, 1.54) is 19.2 Å². The van der Waals surface area contributed by atoms with Crippen molar-refractivity contribution in [3.63, 3.8) is 0 Å². The van der Waals surface area contributed by atoms with Crippen LogP contribution in [0.4, 0.5) is 17.3 Å². The van der Waals surface area contributed by atoms with Crippen molar-refractivity contribution in [2.45, 2.75) is 4.90 Å². The Labute approximate surface area is 153 Å². The summed E-state index contributed by atoms with van der Waals surface area (Å²) >= 11 is 5.68. The van der Waals surface area contributed by atoms with Crippen molar-refractivity contribution < 1.29 is 47.3 Å². The maximum atomic E-state index is 10.9. The molecule has 1 aromatic carbocycles. The first kappa shape index (κ1) is 18.9. The number of rotatable bonds is 4. The second kappa shape index (κ2) is 7.40. The summed E-state index contributed by atoms with van der Waals surface area (Å²) in [6, 6.07) is 3.68. The van der Waals surface area contributed by atoms with Crippen LogP contribution in [0.5, 0.6) is 6.01 Å². The Bertz CT molecular complexity index is 789. The van der Waals surface area contributed by atoms with Gasteiger partial charge in [-0.25, -0.2) is 8.42 Å². The molecule has 0 unspecified atom stereocenters. The summed E-state index contributed by atoms with van der Waals surface area (Å²) in [4.78, 5) is 10.9. The Hall–Kier alpha value is -1.17. The third kappa shape index (κ3) is 4.66. The number of nitrogens with one attached hydrogen (secondary N) is 1. The zero-order valence-corrected chi connectivity index (χ0v) is 15.1. The van der Waals surface area contributed by atoms with E-state index in [0.717, 1.165) is 6.07 Å². The maximum absolute atomic E-state index is 10.9. The maximum Gasteiger partial charge on any atom is 1.00 e. The van der Waals surface area contributed by atoms with Gasteiger partial charge in [-0.3, -0.25) is 0 Å². The van der Waals surface area contributed by atoms with E-state index in [4.69, 9.17) is 22.1 Å². The van der Waals surface area contributed by atoms with Gasteiger partial charge in [-0.05, 0) is 29.8 Å². The first-order valence-corrected chi connectivity index (χ1v) is 7.16. The summed E-state index contributed by atoms with van der Waals surface area (Å²) in [5, 5.41) is 2.65. The third-order valence-electron chi connectivity index (χ3n) is 2.31. The van der Waals surface area contributed by atoms with Crippen molar-refractivity contribution in [1.82, 2.24) is 15.0 Å². The van der Waals surface area contributed by atoms with Gasteiger partial charge in [0.1, 0.15) is 10.1 Å². The number of hydrogen-bond acceptors (Lipinski definition) is 9. The summed E-state index contributed by atoms with van der Waals surface area (Å²) in [7, 11) is -3.26. The molecule has 0 saturated carbocycles. The van der Waals surface area contributed by atoms with E-state index in [1.807, 2.05) is 0 Å². The van der Waals surface area contributed by atoms with Crippen molar-refractivity contribution >= 4 is 39.0 Å². The fourth-order valence-electron chi connectivity index (χ4n) is 1.46. The Morgan fingerprint density at radius 3 is 2.55 bits per heavy atom. The predicted molar refractivity (Wildman–Crippen MR) is 73.5 cm³/mol. The molecule has 12 heteroatoms. The molecule has 0 fully saturated rings. The first-order valence-electron chi connectivity index (χ1n) is 5.37. The van der Waals surface area contributed by atoms with Gasteiger partial charge < -0.3 is 20.3 Å². The molecule has 0 radical (unpaired) electrons. The number of aromatic nitrogens is 3. The molecule has 0 atom stereocenters. The second-order valence-corrected chi connectivity index (χ2v) is 5.43. The normalized spacial score (nSPS) is 10.7. The number of benzene rings is 1. The average Bonchev–Trinajstić information content (AvgIpc) is 2.36. The minimum atomic E-state index is -4.63. The Balaban J connectivity index is 0.00000242. The van der Waals surface area contributed by atoms with E-state index >= 15 is 0 Å². The number of hydrogen-bond donors (Lipinski definition) is 2. The van der Waals surface area contributed by atoms with Crippen molar-refractivity contribution in [3.8, 4) is 6.01 Å². The van der Waals surface area contributed by atoms with Crippen LogP contribution in [0.3, 0.4) is 0 Å². The van der Waals surface area contributed by atoms with Crippen LogP contribution in [-0.4, -0.2) is 35.0 Å². The Morgan fingerprint density at radius 1 is 1.32 bits per heavy atom. The monoisotopic (exact) mass is 353 g/mol. The van der Waals surface area contributed by atoms with E-state index in [0.29, 0.717) is 5.69 Å². The number of methoxy groups -OCH3 is 1. The molecule has 112 valence electrons. The van der Waals surface area contributed by atoms with Crippen LogP contribution in [0.2, 0.25) is 5.28 Å². The molecule has 1 heterocycles. The molecule has 2 rings (SSSR count). The molecular formula is C10H9ClN5NaO4S. The zero-order valence-electron chi connectivity index (χ0n) is 11.6. The molecule has 0 aliphatic carbocycles. The fraction of sp³-hybridized carbons (Fsp3) is 0.100. The summed E-state index contributed by atoms with van der Waals surface area (Å²) in [6.45, 7) is 0. The molecule has 0 amide bonds. The van der Waals surface area contributed by atoms with Gasteiger partial charge in [-0.15, -0.1) is 0 Å². The molecule has 0 aliphatic heterocycles. The van der Waals surface area contributed by atoms with Gasteiger partial charge in [0.25, 0.3) is 0 Å². The van der Waals surface area contributed by atoms with Crippen LogP contribution in [0, 0.1) is 0 Å². The zero-order chi connectivity index (χ0) is 15.6. The van der Waals surface area contributed by atoms with Gasteiger partial charge in [-0.2, -0.15) is 15.0 Å². The van der Waals surface area contributed by atoms with Crippen LogP contribution < -0.4 is 45.3 Å². The number of ether oxygens (including phenoxy) is 1. The first-order chi connectivity index (χ1) is 9.79. The molecule has 3 N–H and O–H groups in total. The Kier molecular flexibility index (Phi) is 6.35. The number of halogens is 1. The average molecular weight is 354 g/mol. The minimum Gasteiger partial charge on any atom is -0.744 e. The third-order valence-corrected chi connectivity index (χ3v) is 3.38. The summed E-state index contributed by atoms with van der Waals surface area (Å²) in [5.41, 5.74) is 5.70. The van der Waals surface area contributed by atoms with E-state index in [1.54, 1.807) is 0 Å². The molecule has 0 bridgehead atoms. The van der Waals surface area contributed by atoms with Crippen LogP contribution in [0.1, 0.15) is 0 Å². The van der Waals surface area contributed by atoms with E-state index in [2.05, 4.69) is 20.3 Å². The fourth-order valence-corrected chi connectivity index (χ4v) is 2.20. The minimum absolute atomic E-state index is 0. The topological polar surface area (TPSA) is 143 Å². The van der Waals surface area contributed by atoms with Crippen molar-refractivity contribution in [2.24, 2.45) is 0 Å². The van der Waals surface area contributed by atoms with Gasteiger partial charge >= 0.3 is 35.6 Å². The molecule has 1 aromatic heterocycles. The van der Waals surface area contributed by atoms with Crippen LogP contribution in [-0.2, 0) is 10.1 Å². The molecule has 9 nitrogen and oxygen atoms in total. The quantitative estimate of drug-likeness (QED) is 0.354. The molecule has 0 aliphatic rings. The molecule has 0 spiro atoms. The number of anilines is 3. The second-order valence-electron chi connectivity index (χ2n) is 3.75.